The van der Waals surface area contributed by atoms with Crippen LogP contribution in [0.5, 0.6) is 0 Å². The number of guanidine groups is 1. The number of nitrogens with two attached hydrogens (primary N) is 3. The number of carboxylic acid groups (broad SMARTS) is 1. The fraction of sp³-hybridized carbons (Fsp3) is 0.474. The number of likely N-dealkylation sites (tertiary alicyclic amines) is 1. The molecule has 5 rings (SSSR count). The van der Waals surface area contributed by atoms with Crippen LogP contribution in [-0.4, -0.2) is 153 Å². The number of fused-ring (bicyclic) bond motifs is 1. The maximum Gasteiger partial charge on any atom is 0.327 e. The fourth-order valence-corrected chi connectivity index (χ4v) is 9.91. The molecule has 0 unspecified atom stereocenters. The Hall–Kier alpha value is -7.64. The first-order valence-corrected chi connectivity index (χ1v) is 28.7. The molecule has 9 atom stereocenters. The number of carboxylic acids is 1. The van der Waals surface area contributed by atoms with Gasteiger partial charge in [-0.2, -0.15) is 25.3 Å². The van der Waals surface area contributed by atoms with Gasteiger partial charge in [-0.1, -0.05) is 107 Å². The summed E-state index contributed by atoms with van der Waals surface area (Å²) in [5.41, 5.74) is 20.1. The molecule has 1 aliphatic heterocycles. The largest absolute Gasteiger partial charge is 0.480 e. The van der Waals surface area contributed by atoms with E-state index in [-0.39, 0.29) is 81.4 Å². The van der Waals surface area contributed by atoms with Gasteiger partial charge < -0.3 is 69.4 Å². The number of amides is 8. The number of thiol groups is 2. The van der Waals surface area contributed by atoms with E-state index in [4.69, 9.17) is 17.2 Å². The monoisotopic (exact) mass is 1170 g/mol. The summed E-state index contributed by atoms with van der Waals surface area (Å²) >= 11 is 8.21. The van der Waals surface area contributed by atoms with Crippen molar-refractivity contribution < 1.29 is 48.3 Å². The molecule has 23 nitrogen and oxygen atoms in total. The molecule has 1 saturated heterocycles. The molecule has 0 radical (unpaired) electrons. The number of nitrogens with one attached hydrogen (secondary N) is 8. The maximum absolute atomic E-state index is 14.9. The lowest BCUT2D eigenvalue weighted by Gasteiger charge is -2.32. The summed E-state index contributed by atoms with van der Waals surface area (Å²) in [6.45, 7) is 7.27. The molecule has 1 fully saturated rings. The van der Waals surface area contributed by atoms with Crippen molar-refractivity contribution in [1.29, 1.82) is 0 Å². The lowest BCUT2D eigenvalue weighted by molar-refractivity contribution is -0.143. The number of aromatic amines is 1. The van der Waals surface area contributed by atoms with Gasteiger partial charge in [0.15, 0.2) is 5.96 Å². The van der Waals surface area contributed by atoms with E-state index in [2.05, 4.69) is 72.5 Å². The van der Waals surface area contributed by atoms with Crippen LogP contribution in [0.2, 0.25) is 0 Å². The van der Waals surface area contributed by atoms with E-state index < -0.39 is 114 Å². The van der Waals surface area contributed by atoms with Gasteiger partial charge in [-0.05, 0) is 66.7 Å². The van der Waals surface area contributed by atoms with E-state index in [0.29, 0.717) is 17.5 Å². The van der Waals surface area contributed by atoms with Crippen molar-refractivity contribution in [3.05, 3.63) is 108 Å². The summed E-state index contributed by atoms with van der Waals surface area (Å²) in [5, 5.41) is 29.6. The highest BCUT2D eigenvalue weighted by atomic mass is 32.1. The molecular formula is C57H79N13O10S2. The van der Waals surface area contributed by atoms with Crippen molar-refractivity contribution in [3.8, 4) is 0 Å². The predicted octanol–water partition coefficient (Wildman–Crippen LogP) is 0.608. The zero-order chi connectivity index (χ0) is 60.0. The number of aromatic nitrogens is 1. The molecule has 444 valence electrons. The van der Waals surface area contributed by atoms with Crippen LogP contribution < -0.4 is 54.4 Å². The Morgan fingerprint density at radius 3 is 1.71 bits per heavy atom. The molecular weight excluding hydrogens is 1090 g/mol. The summed E-state index contributed by atoms with van der Waals surface area (Å²) in [7, 11) is 0. The number of aliphatic imine (C=N–C) groups is 1. The number of para-hydroxylation sites is 1. The van der Waals surface area contributed by atoms with E-state index in [1.807, 2.05) is 38.1 Å². The number of aliphatic carboxylic acids is 1. The smallest absolute Gasteiger partial charge is 0.327 e. The number of hydrogen-bond donors (Lipinski definition) is 14. The Morgan fingerprint density at radius 2 is 1.16 bits per heavy atom. The second-order valence-electron chi connectivity index (χ2n) is 21.1. The molecule has 82 heavy (non-hydrogen) atoms. The second kappa shape index (κ2) is 32.1. The Balaban J connectivity index is 1.38. The molecule has 8 amide bonds. The van der Waals surface area contributed by atoms with Crippen molar-refractivity contribution in [3.63, 3.8) is 0 Å². The number of carbonyl (C=O) groups is 9. The van der Waals surface area contributed by atoms with Crippen LogP contribution in [0, 0.1) is 11.8 Å². The number of H-pyrrole nitrogens is 1. The third-order valence-electron chi connectivity index (χ3n) is 13.9. The molecule has 0 saturated carbocycles. The van der Waals surface area contributed by atoms with Crippen molar-refractivity contribution in [1.82, 2.24) is 47.1 Å². The molecule has 0 aliphatic carbocycles. The quantitative estimate of drug-likeness (QED) is 0.0142. The normalized spacial score (nSPS) is 16.1. The molecule has 3 aromatic carbocycles. The number of carbonyl (C=O) groups excluding carboxylic acids is 8. The van der Waals surface area contributed by atoms with Crippen molar-refractivity contribution in [2.75, 3.05) is 24.6 Å². The number of benzene rings is 3. The number of rotatable bonds is 31. The molecule has 0 bridgehead atoms. The van der Waals surface area contributed by atoms with Gasteiger partial charge in [0, 0.05) is 61.0 Å². The average molecular weight is 1170 g/mol. The summed E-state index contributed by atoms with van der Waals surface area (Å²) in [4.78, 5) is 134. The maximum atomic E-state index is 14.9. The van der Waals surface area contributed by atoms with E-state index in [1.165, 1.54) is 4.90 Å². The standard InChI is InChI=1S/C57H79N13O10S2/c1-32(2)25-41(65-52(75)44(64-48(71)38(58)30-81)28-36-29-62-39-20-12-11-19-37(36)39)49(72)66-42(26-34-15-7-5-8-16-34)50(73)63-40(21-13-23-61-57(59)60)55(78)70-24-14-22-46(70)53(76)69-47(33(3)4)54(77)67-43(27-35-17-9-6-10-18-35)51(74)68-45(31-82)56(79)80/h5-12,15-20,29,32-33,38,40-47,62,81-82H,13-14,21-28,30-31,58H2,1-4H3,(H,63,73)(H,64,71)(H,65,75)(H,66,72)(H,67,77)(H,68,74)(H,69,76)(H,79,80)(H4,59,60,61)/t38-,40-,41-,42-,43-,44-,45-,46-,47-/m0/s1. The van der Waals surface area contributed by atoms with Crippen LogP contribution in [0.25, 0.3) is 10.9 Å². The van der Waals surface area contributed by atoms with Crippen molar-refractivity contribution in [2.24, 2.45) is 34.0 Å². The van der Waals surface area contributed by atoms with Crippen LogP contribution in [0.1, 0.15) is 76.5 Å². The Labute approximate surface area is 488 Å². The molecule has 1 aliphatic rings. The zero-order valence-corrected chi connectivity index (χ0v) is 48.4. The Bertz CT molecular complexity index is 2850. The summed E-state index contributed by atoms with van der Waals surface area (Å²) in [5.74, 6) is -8.00. The fourth-order valence-electron chi connectivity index (χ4n) is 9.50. The van der Waals surface area contributed by atoms with Gasteiger partial charge in [-0.3, -0.25) is 43.3 Å². The van der Waals surface area contributed by atoms with Crippen LogP contribution in [0.15, 0.2) is 96.1 Å². The minimum absolute atomic E-state index is 0.00464. The molecule has 2 heterocycles. The van der Waals surface area contributed by atoms with Crippen molar-refractivity contribution >= 4 is 95.3 Å². The minimum Gasteiger partial charge on any atom is -0.480 e. The number of nitrogens with zero attached hydrogens (tertiary/aromatic N) is 2. The first-order valence-electron chi connectivity index (χ1n) is 27.4. The first-order chi connectivity index (χ1) is 39.1. The molecule has 0 spiro atoms. The summed E-state index contributed by atoms with van der Waals surface area (Å²) < 4.78 is 0. The lowest BCUT2D eigenvalue weighted by Crippen LogP contribution is -2.61. The zero-order valence-electron chi connectivity index (χ0n) is 46.6. The Kier molecular flexibility index (Phi) is 25.5. The minimum atomic E-state index is -1.35. The predicted molar refractivity (Wildman–Crippen MR) is 318 cm³/mol. The average Bonchev–Trinajstić information content (AvgIpc) is 4.25. The highest BCUT2D eigenvalue weighted by Gasteiger charge is 2.41. The van der Waals surface area contributed by atoms with E-state index in [0.717, 1.165) is 16.5 Å². The lowest BCUT2D eigenvalue weighted by atomic mass is 9.99. The summed E-state index contributed by atoms with van der Waals surface area (Å²) in [6, 6.07) is 14.1. The van der Waals surface area contributed by atoms with Crippen molar-refractivity contribution in [2.45, 2.75) is 133 Å². The highest BCUT2D eigenvalue weighted by molar-refractivity contribution is 7.80. The van der Waals surface area contributed by atoms with Crippen LogP contribution in [-0.2, 0) is 62.4 Å². The van der Waals surface area contributed by atoms with Crippen LogP contribution >= 0.6 is 25.3 Å². The molecule has 25 heteroatoms. The molecule has 4 aromatic rings. The van der Waals surface area contributed by atoms with Gasteiger partial charge in [0.1, 0.15) is 48.3 Å². The SMILES string of the molecule is CC(C)C[C@H](NC(=O)[C@H](Cc1c[nH]c2ccccc12)NC(=O)[C@@H](N)CS)C(=O)N[C@@H](Cc1ccccc1)C(=O)N[C@@H](CCCN=C(N)N)C(=O)N1CCC[C@H]1C(=O)N[C@H](C(=O)N[C@@H](Cc1ccccc1)C(=O)N[C@@H](CS)C(=O)O)C(C)C. The van der Waals surface area contributed by atoms with Gasteiger partial charge in [0.05, 0.1) is 6.04 Å². The van der Waals surface area contributed by atoms with Gasteiger partial charge in [-0.15, -0.1) is 0 Å². The van der Waals surface area contributed by atoms with E-state index in [1.54, 1.807) is 80.7 Å². The molecule has 1 aromatic heterocycles. The van der Waals surface area contributed by atoms with Crippen LogP contribution in [0.3, 0.4) is 0 Å². The Morgan fingerprint density at radius 1 is 0.646 bits per heavy atom. The first kappa shape index (κ1) is 65.2. The molecule has 15 N–H and O–H groups in total. The third-order valence-corrected chi connectivity index (χ3v) is 14.6. The van der Waals surface area contributed by atoms with Gasteiger partial charge in [-0.25, -0.2) is 4.79 Å². The third kappa shape index (κ3) is 19.5. The summed E-state index contributed by atoms with van der Waals surface area (Å²) in [6.07, 6.45) is 2.60. The van der Waals surface area contributed by atoms with E-state index in [9.17, 15) is 48.3 Å². The van der Waals surface area contributed by atoms with Crippen LogP contribution in [0.4, 0.5) is 0 Å². The van der Waals surface area contributed by atoms with Gasteiger partial charge >= 0.3 is 5.97 Å². The van der Waals surface area contributed by atoms with E-state index >= 15 is 0 Å². The highest BCUT2D eigenvalue weighted by Crippen LogP contribution is 2.23. The second-order valence-corrected chi connectivity index (χ2v) is 21.8. The topological polar surface area (TPSA) is 368 Å². The van der Waals surface area contributed by atoms with Gasteiger partial charge in [0.25, 0.3) is 0 Å². The number of hydrogen-bond acceptors (Lipinski definition) is 13. The van der Waals surface area contributed by atoms with Gasteiger partial charge in [0.2, 0.25) is 47.3 Å².